The van der Waals surface area contributed by atoms with Gasteiger partial charge in [-0.2, -0.15) is 0 Å². The molecule has 1 amide bonds. The summed E-state index contributed by atoms with van der Waals surface area (Å²) in [5.41, 5.74) is 1.73. The second-order valence-electron chi connectivity index (χ2n) is 4.56. The van der Waals surface area contributed by atoms with E-state index in [1.807, 2.05) is 26.0 Å². The summed E-state index contributed by atoms with van der Waals surface area (Å²) >= 11 is 0. The molecule has 20 heavy (non-hydrogen) atoms. The highest BCUT2D eigenvalue weighted by Crippen LogP contribution is 2.07. The molecule has 0 saturated carbocycles. The lowest BCUT2D eigenvalue weighted by Crippen LogP contribution is -2.38. The normalized spacial score (nSPS) is 10.2. The topological polar surface area (TPSA) is 59.5 Å². The van der Waals surface area contributed by atoms with Crippen molar-refractivity contribution >= 4 is 11.9 Å². The summed E-state index contributed by atoms with van der Waals surface area (Å²) in [4.78, 5) is 29.5. The second kappa shape index (κ2) is 8.30. The van der Waals surface area contributed by atoms with Crippen LogP contribution in [0.25, 0.3) is 0 Å². The molecule has 0 fully saturated rings. The molecular formula is C15H22N2O3. The summed E-state index contributed by atoms with van der Waals surface area (Å²) in [6.07, 6.45) is 2.68. The van der Waals surface area contributed by atoms with Crippen LogP contribution in [0.5, 0.6) is 0 Å². The number of nitrogens with zero attached hydrogens (tertiary/aromatic N) is 2. The number of hydrogen-bond donors (Lipinski definition) is 0. The van der Waals surface area contributed by atoms with E-state index >= 15 is 0 Å². The van der Waals surface area contributed by atoms with E-state index in [2.05, 4.69) is 4.98 Å². The van der Waals surface area contributed by atoms with Crippen molar-refractivity contribution < 1.29 is 14.3 Å². The Hall–Kier alpha value is -1.91. The lowest BCUT2D eigenvalue weighted by Gasteiger charge is -2.21. The number of pyridine rings is 1. The summed E-state index contributed by atoms with van der Waals surface area (Å²) in [5, 5.41) is 0. The Morgan fingerprint density at radius 3 is 2.70 bits per heavy atom. The summed E-state index contributed by atoms with van der Waals surface area (Å²) in [5.74, 6) is -0.464. The molecule has 1 aromatic heterocycles. The van der Waals surface area contributed by atoms with Gasteiger partial charge in [0.25, 0.3) is 0 Å². The van der Waals surface area contributed by atoms with E-state index in [1.54, 1.807) is 13.1 Å². The van der Waals surface area contributed by atoms with Crippen LogP contribution in [-0.2, 0) is 20.7 Å². The van der Waals surface area contributed by atoms with E-state index in [1.165, 1.54) is 4.90 Å². The monoisotopic (exact) mass is 278 g/mol. The van der Waals surface area contributed by atoms with Gasteiger partial charge in [-0.05, 0) is 31.9 Å². The number of carbonyl (C=O) groups is 2. The van der Waals surface area contributed by atoms with Gasteiger partial charge in [0.2, 0.25) is 5.91 Å². The molecule has 0 bridgehead atoms. The van der Waals surface area contributed by atoms with Crippen molar-refractivity contribution in [1.82, 2.24) is 9.88 Å². The number of amides is 1. The SMILES string of the molecule is CCCN(CC(=O)OCC)C(=O)Cc1ncccc1C. The summed E-state index contributed by atoms with van der Waals surface area (Å²) in [6, 6.07) is 3.76. The first-order valence-electron chi connectivity index (χ1n) is 6.92. The minimum atomic E-state index is -0.368. The van der Waals surface area contributed by atoms with Crippen LogP contribution >= 0.6 is 0 Å². The fourth-order valence-corrected chi connectivity index (χ4v) is 1.88. The highest BCUT2D eigenvalue weighted by molar-refractivity contribution is 5.83. The first-order valence-corrected chi connectivity index (χ1v) is 6.92. The fraction of sp³-hybridized carbons (Fsp3) is 0.533. The van der Waals surface area contributed by atoms with Crippen LogP contribution in [-0.4, -0.2) is 41.5 Å². The Morgan fingerprint density at radius 2 is 2.10 bits per heavy atom. The zero-order chi connectivity index (χ0) is 15.0. The molecule has 0 aliphatic carbocycles. The van der Waals surface area contributed by atoms with Gasteiger partial charge in [-0.1, -0.05) is 13.0 Å². The van der Waals surface area contributed by atoms with Crippen LogP contribution in [0.1, 0.15) is 31.5 Å². The number of hydrogen-bond acceptors (Lipinski definition) is 4. The molecule has 0 saturated heterocycles. The van der Waals surface area contributed by atoms with Gasteiger partial charge < -0.3 is 9.64 Å². The smallest absolute Gasteiger partial charge is 0.325 e. The molecule has 0 aliphatic rings. The van der Waals surface area contributed by atoms with Crippen molar-refractivity contribution in [3.8, 4) is 0 Å². The Bertz CT molecular complexity index is 460. The zero-order valence-electron chi connectivity index (χ0n) is 12.4. The number of aryl methyl sites for hydroxylation is 1. The third kappa shape index (κ3) is 4.99. The summed E-state index contributed by atoms with van der Waals surface area (Å²) in [7, 11) is 0. The maximum Gasteiger partial charge on any atom is 0.325 e. The number of ether oxygens (including phenoxy) is 1. The molecule has 5 nitrogen and oxygen atoms in total. The third-order valence-corrected chi connectivity index (χ3v) is 2.91. The number of rotatable bonds is 7. The molecule has 0 atom stereocenters. The van der Waals surface area contributed by atoms with Crippen LogP contribution in [0.2, 0.25) is 0 Å². The van der Waals surface area contributed by atoms with Crippen molar-refractivity contribution in [3.05, 3.63) is 29.6 Å². The van der Waals surface area contributed by atoms with Gasteiger partial charge in [0.05, 0.1) is 18.7 Å². The predicted molar refractivity (Wildman–Crippen MR) is 76.2 cm³/mol. The molecular weight excluding hydrogens is 256 g/mol. The molecule has 0 N–H and O–H groups in total. The minimum absolute atomic E-state index is 0.00634. The van der Waals surface area contributed by atoms with Gasteiger partial charge >= 0.3 is 5.97 Å². The Balaban J connectivity index is 2.69. The summed E-state index contributed by atoms with van der Waals surface area (Å²) < 4.78 is 4.89. The van der Waals surface area contributed by atoms with Crippen molar-refractivity contribution in [3.63, 3.8) is 0 Å². The first-order chi connectivity index (χ1) is 9.58. The zero-order valence-corrected chi connectivity index (χ0v) is 12.4. The molecule has 1 heterocycles. The van der Waals surface area contributed by atoms with E-state index in [4.69, 9.17) is 4.74 Å². The van der Waals surface area contributed by atoms with Crippen molar-refractivity contribution in [2.45, 2.75) is 33.6 Å². The predicted octanol–water partition coefficient (Wildman–Crippen LogP) is 1.73. The first kappa shape index (κ1) is 16.1. The average molecular weight is 278 g/mol. The summed E-state index contributed by atoms with van der Waals surface area (Å²) in [6.45, 7) is 6.52. The number of esters is 1. The standard InChI is InChI=1S/C15H22N2O3/c1-4-9-17(11-15(19)20-5-2)14(18)10-13-12(3)7-6-8-16-13/h6-8H,4-5,9-11H2,1-3H3. The molecule has 1 aromatic rings. The molecule has 0 unspecified atom stereocenters. The van der Waals surface area contributed by atoms with Crippen molar-refractivity contribution in [2.75, 3.05) is 19.7 Å². The lowest BCUT2D eigenvalue weighted by molar-refractivity contribution is -0.148. The van der Waals surface area contributed by atoms with Gasteiger partial charge in [0, 0.05) is 12.7 Å². The lowest BCUT2D eigenvalue weighted by atomic mass is 10.1. The Kier molecular flexibility index (Phi) is 6.70. The van der Waals surface area contributed by atoms with E-state index in [9.17, 15) is 9.59 Å². The Morgan fingerprint density at radius 1 is 1.35 bits per heavy atom. The second-order valence-corrected chi connectivity index (χ2v) is 4.56. The molecule has 110 valence electrons. The fourth-order valence-electron chi connectivity index (χ4n) is 1.88. The number of aromatic nitrogens is 1. The highest BCUT2D eigenvalue weighted by Gasteiger charge is 2.18. The number of carbonyl (C=O) groups excluding carboxylic acids is 2. The molecule has 5 heteroatoms. The maximum atomic E-state index is 12.3. The third-order valence-electron chi connectivity index (χ3n) is 2.91. The molecule has 1 rings (SSSR count). The average Bonchev–Trinajstić information content (AvgIpc) is 2.41. The molecule has 0 aliphatic heterocycles. The largest absolute Gasteiger partial charge is 0.465 e. The van der Waals surface area contributed by atoms with Crippen LogP contribution in [0, 0.1) is 6.92 Å². The van der Waals surface area contributed by atoms with E-state index in [-0.39, 0.29) is 24.8 Å². The quantitative estimate of drug-likeness (QED) is 0.713. The van der Waals surface area contributed by atoms with Crippen molar-refractivity contribution in [2.24, 2.45) is 0 Å². The van der Waals surface area contributed by atoms with Gasteiger partial charge in [-0.15, -0.1) is 0 Å². The molecule has 0 radical (unpaired) electrons. The van der Waals surface area contributed by atoms with Crippen LogP contribution in [0.15, 0.2) is 18.3 Å². The van der Waals surface area contributed by atoms with Gasteiger partial charge in [-0.3, -0.25) is 14.6 Å². The van der Waals surface area contributed by atoms with Crippen LogP contribution in [0.3, 0.4) is 0 Å². The minimum Gasteiger partial charge on any atom is -0.465 e. The van der Waals surface area contributed by atoms with Gasteiger partial charge in [0.1, 0.15) is 6.54 Å². The highest BCUT2D eigenvalue weighted by atomic mass is 16.5. The van der Waals surface area contributed by atoms with Crippen LogP contribution < -0.4 is 0 Å². The molecule has 0 spiro atoms. The van der Waals surface area contributed by atoms with Gasteiger partial charge in [-0.25, -0.2) is 0 Å². The maximum absolute atomic E-state index is 12.3. The van der Waals surface area contributed by atoms with Gasteiger partial charge in [0.15, 0.2) is 0 Å². The Labute approximate surface area is 119 Å². The van der Waals surface area contributed by atoms with E-state index < -0.39 is 0 Å². The van der Waals surface area contributed by atoms with Crippen LogP contribution in [0.4, 0.5) is 0 Å². The molecule has 0 aromatic carbocycles. The van der Waals surface area contributed by atoms with Crippen molar-refractivity contribution in [1.29, 1.82) is 0 Å². The van der Waals surface area contributed by atoms with E-state index in [0.717, 1.165) is 17.7 Å². The van der Waals surface area contributed by atoms with E-state index in [0.29, 0.717) is 13.2 Å².